The Hall–Kier alpha value is -2.33. The second-order valence-corrected chi connectivity index (χ2v) is 8.52. The third-order valence-electron chi connectivity index (χ3n) is 6.38. The molecule has 2 fully saturated rings. The first-order valence-electron chi connectivity index (χ1n) is 10.8. The van der Waals surface area contributed by atoms with Gasteiger partial charge in [0, 0.05) is 18.9 Å². The standard InChI is InChI=1S/C25H31NO3/c1-18-6-5-7-20(16-18)25(12-14-28-15-13-25)24(27)26-21-10-11-23(19(2)17-21)29-22-8-3-4-9-22/h5-7,10-11,16-17,22H,3-4,8-9,12-15H2,1-2H3,(H,26,27). The summed E-state index contributed by atoms with van der Waals surface area (Å²) in [6.45, 7) is 5.33. The average molecular weight is 394 g/mol. The zero-order valence-corrected chi connectivity index (χ0v) is 17.5. The van der Waals surface area contributed by atoms with E-state index in [-0.39, 0.29) is 5.91 Å². The summed E-state index contributed by atoms with van der Waals surface area (Å²) in [4.78, 5) is 13.5. The molecule has 1 saturated heterocycles. The lowest BCUT2D eigenvalue weighted by Gasteiger charge is -2.36. The van der Waals surface area contributed by atoms with E-state index in [0.717, 1.165) is 35.4 Å². The number of carbonyl (C=O) groups excluding carboxylic acids is 1. The van der Waals surface area contributed by atoms with Crippen LogP contribution in [0.4, 0.5) is 5.69 Å². The summed E-state index contributed by atoms with van der Waals surface area (Å²) in [6.07, 6.45) is 6.51. The minimum atomic E-state index is -0.544. The molecule has 1 amide bonds. The van der Waals surface area contributed by atoms with Crippen LogP contribution in [0.2, 0.25) is 0 Å². The van der Waals surface area contributed by atoms with E-state index in [1.54, 1.807) is 0 Å². The van der Waals surface area contributed by atoms with Gasteiger partial charge in [0.2, 0.25) is 5.91 Å². The first-order chi connectivity index (χ1) is 14.1. The zero-order chi connectivity index (χ0) is 20.3. The molecule has 1 N–H and O–H groups in total. The maximum Gasteiger partial charge on any atom is 0.235 e. The lowest BCUT2D eigenvalue weighted by molar-refractivity contribution is -0.125. The summed E-state index contributed by atoms with van der Waals surface area (Å²) in [5.74, 6) is 0.977. The van der Waals surface area contributed by atoms with E-state index in [2.05, 4.69) is 30.4 Å². The van der Waals surface area contributed by atoms with Crippen LogP contribution in [-0.4, -0.2) is 25.2 Å². The molecule has 0 aromatic heterocycles. The normalized spacial score (nSPS) is 19.1. The molecule has 0 spiro atoms. The van der Waals surface area contributed by atoms with Gasteiger partial charge in [0.05, 0.1) is 11.5 Å². The van der Waals surface area contributed by atoms with Crippen molar-refractivity contribution in [2.24, 2.45) is 0 Å². The molecular weight excluding hydrogens is 362 g/mol. The molecular formula is C25H31NO3. The Morgan fingerprint density at radius 3 is 2.52 bits per heavy atom. The summed E-state index contributed by atoms with van der Waals surface area (Å²) in [6, 6.07) is 14.3. The number of aryl methyl sites for hydroxylation is 2. The van der Waals surface area contributed by atoms with E-state index in [1.165, 1.54) is 18.4 Å². The first kappa shape index (κ1) is 20.0. The van der Waals surface area contributed by atoms with Gasteiger partial charge in [-0.15, -0.1) is 0 Å². The van der Waals surface area contributed by atoms with E-state index in [4.69, 9.17) is 9.47 Å². The highest BCUT2D eigenvalue weighted by molar-refractivity contribution is 5.99. The van der Waals surface area contributed by atoms with Crippen molar-refractivity contribution in [1.29, 1.82) is 0 Å². The summed E-state index contributed by atoms with van der Waals surface area (Å²) < 4.78 is 11.7. The van der Waals surface area contributed by atoms with Crippen molar-refractivity contribution in [3.05, 3.63) is 59.2 Å². The number of rotatable bonds is 5. The van der Waals surface area contributed by atoms with Crippen LogP contribution in [0.15, 0.2) is 42.5 Å². The van der Waals surface area contributed by atoms with Crippen LogP contribution in [0.3, 0.4) is 0 Å². The largest absolute Gasteiger partial charge is 0.490 e. The van der Waals surface area contributed by atoms with Gasteiger partial charge >= 0.3 is 0 Å². The third kappa shape index (κ3) is 4.32. The van der Waals surface area contributed by atoms with Crippen LogP contribution in [0.25, 0.3) is 0 Å². The van der Waals surface area contributed by atoms with Gasteiger partial charge in [-0.3, -0.25) is 4.79 Å². The van der Waals surface area contributed by atoms with Crippen LogP contribution >= 0.6 is 0 Å². The van der Waals surface area contributed by atoms with Gasteiger partial charge in [-0.1, -0.05) is 29.8 Å². The predicted octanol–water partition coefficient (Wildman–Crippen LogP) is 5.31. The highest BCUT2D eigenvalue weighted by atomic mass is 16.5. The highest BCUT2D eigenvalue weighted by Gasteiger charge is 2.41. The van der Waals surface area contributed by atoms with Crippen molar-refractivity contribution >= 4 is 11.6 Å². The Balaban J connectivity index is 1.54. The number of ether oxygens (including phenoxy) is 2. The summed E-state index contributed by atoms with van der Waals surface area (Å²) >= 11 is 0. The van der Waals surface area contributed by atoms with Crippen molar-refractivity contribution < 1.29 is 14.3 Å². The van der Waals surface area contributed by atoms with Gasteiger partial charge in [-0.05, 0) is 81.7 Å². The lowest BCUT2D eigenvalue weighted by atomic mass is 9.73. The fourth-order valence-corrected chi connectivity index (χ4v) is 4.61. The van der Waals surface area contributed by atoms with Gasteiger partial charge < -0.3 is 14.8 Å². The van der Waals surface area contributed by atoms with Crippen LogP contribution in [0, 0.1) is 13.8 Å². The molecule has 1 aliphatic heterocycles. The van der Waals surface area contributed by atoms with Crippen LogP contribution in [0.5, 0.6) is 5.75 Å². The maximum atomic E-state index is 13.5. The molecule has 1 saturated carbocycles. The van der Waals surface area contributed by atoms with Gasteiger partial charge in [0.1, 0.15) is 5.75 Å². The molecule has 0 radical (unpaired) electrons. The van der Waals surface area contributed by atoms with Crippen molar-refractivity contribution in [2.75, 3.05) is 18.5 Å². The van der Waals surface area contributed by atoms with Crippen molar-refractivity contribution in [3.63, 3.8) is 0 Å². The summed E-state index contributed by atoms with van der Waals surface area (Å²) in [7, 11) is 0. The molecule has 0 atom stereocenters. The van der Waals surface area contributed by atoms with Crippen LogP contribution in [-0.2, 0) is 14.9 Å². The Kier molecular flexibility index (Phi) is 5.91. The Labute approximate surface area is 173 Å². The molecule has 4 rings (SSSR count). The number of carbonyl (C=O) groups is 1. The fraction of sp³-hybridized carbons (Fsp3) is 0.480. The van der Waals surface area contributed by atoms with Gasteiger partial charge in [0.15, 0.2) is 0 Å². The maximum absolute atomic E-state index is 13.5. The number of hydrogen-bond acceptors (Lipinski definition) is 3. The first-order valence-corrected chi connectivity index (χ1v) is 10.8. The molecule has 154 valence electrons. The Bertz CT molecular complexity index is 864. The second-order valence-electron chi connectivity index (χ2n) is 8.52. The number of nitrogens with one attached hydrogen (secondary N) is 1. The zero-order valence-electron chi connectivity index (χ0n) is 17.5. The Morgan fingerprint density at radius 1 is 1.07 bits per heavy atom. The number of hydrogen-bond donors (Lipinski definition) is 1. The minimum absolute atomic E-state index is 0.0512. The number of amides is 1. The third-order valence-corrected chi connectivity index (χ3v) is 6.38. The predicted molar refractivity (Wildman–Crippen MR) is 116 cm³/mol. The van der Waals surface area contributed by atoms with Gasteiger partial charge in [-0.25, -0.2) is 0 Å². The molecule has 2 aromatic carbocycles. The Morgan fingerprint density at radius 2 is 1.83 bits per heavy atom. The molecule has 1 heterocycles. The van der Waals surface area contributed by atoms with Crippen molar-refractivity contribution in [1.82, 2.24) is 0 Å². The van der Waals surface area contributed by atoms with E-state index in [0.29, 0.717) is 32.2 Å². The molecule has 0 unspecified atom stereocenters. The fourth-order valence-electron chi connectivity index (χ4n) is 4.61. The van der Waals surface area contributed by atoms with E-state index >= 15 is 0 Å². The topological polar surface area (TPSA) is 47.6 Å². The molecule has 2 aromatic rings. The van der Waals surface area contributed by atoms with Crippen LogP contribution in [0.1, 0.15) is 55.2 Å². The number of anilines is 1. The van der Waals surface area contributed by atoms with E-state index < -0.39 is 5.41 Å². The van der Waals surface area contributed by atoms with Gasteiger partial charge in [0.25, 0.3) is 0 Å². The molecule has 0 bridgehead atoms. The summed E-state index contributed by atoms with van der Waals surface area (Å²) in [5.41, 5.74) is 3.59. The van der Waals surface area contributed by atoms with E-state index in [1.807, 2.05) is 31.2 Å². The monoisotopic (exact) mass is 393 g/mol. The number of benzene rings is 2. The van der Waals surface area contributed by atoms with Crippen molar-refractivity contribution in [3.8, 4) is 5.75 Å². The minimum Gasteiger partial charge on any atom is -0.490 e. The molecule has 4 heteroatoms. The second kappa shape index (κ2) is 8.58. The molecule has 4 nitrogen and oxygen atoms in total. The summed E-state index contributed by atoms with van der Waals surface area (Å²) in [5, 5.41) is 3.18. The molecule has 1 aliphatic carbocycles. The average Bonchev–Trinajstić information content (AvgIpc) is 3.24. The van der Waals surface area contributed by atoms with Gasteiger partial charge in [-0.2, -0.15) is 0 Å². The van der Waals surface area contributed by atoms with Crippen molar-refractivity contribution in [2.45, 2.75) is 63.9 Å². The highest BCUT2D eigenvalue weighted by Crippen LogP contribution is 2.37. The van der Waals surface area contributed by atoms with E-state index in [9.17, 15) is 4.79 Å². The molecule has 29 heavy (non-hydrogen) atoms. The lowest BCUT2D eigenvalue weighted by Crippen LogP contribution is -2.44. The molecule has 2 aliphatic rings. The SMILES string of the molecule is Cc1cccc(C2(C(=O)Nc3ccc(OC4CCCC4)c(C)c3)CCOCC2)c1. The van der Waals surface area contributed by atoms with Crippen LogP contribution < -0.4 is 10.1 Å². The quantitative estimate of drug-likeness (QED) is 0.749. The smallest absolute Gasteiger partial charge is 0.235 e.